The van der Waals surface area contributed by atoms with Crippen LogP contribution in [0.25, 0.3) is 6.08 Å². The van der Waals surface area contributed by atoms with Gasteiger partial charge < -0.3 is 25.8 Å². The molecule has 206 valence electrons. The van der Waals surface area contributed by atoms with E-state index in [0.29, 0.717) is 37.7 Å². The van der Waals surface area contributed by atoms with E-state index in [1.807, 2.05) is 72.8 Å². The molecule has 2 aromatic rings. The van der Waals surface area contributed by atoms with E-state index in [9.17, 15) is 9.59 Å². The second kappa shape index (κ2) is 18.5. The van der Waals surface area contributed by atoms with Crippen LogP contribution in [0.15, 0.2) is 78.9 Å². The van der Waals surface area contributed by atoms with Gasteiger partial charge in [0.1, 0.15) is 6.04 Å². The van der Waals surface area contributed by atoms with Crippen LogP contribution >= 0.6 is 15.9 Å². The molecule has 0 radical (unpaired) electrons. The maximum atomic E-state index is 13.6. The van der Waals surface area contributed by atoms with Gasteiger partial charge in [0.15, 0.2) is 0 Å². The van der Waals surface area contributed by atoms with Crippen molar-refractivity contribution in [2.45, 2.75) is 38.0 Å². The number of halogens is 1. The van der Waals surface area contributed by atoms with Crippen molar-refractivity contribution in [1.82, 2.24) is 10.6 Å². The smallest absolute Gasteiger partial charge is 0.242 e. The van der Waals surface area contributed by atoms with E-state index in [0.717, 1.165) is 16.7 Å². The van der Waals surface area contributed by atoms with Crippen LogP contribution < -0.4 is 16.4 Å². The monoisotopic (exact) mass is 585 g/mol. The predicted molar refractivity (Wildman–Crippen MR) is 157 cm³/mol. The van der Waals surface area contributed by atoms with Gasteiger partial charge in [-0.2, -0.15) is 0 Å². The summed E-state index contributed by atoms with van der Waals surface area (Å²) in [5.74, 6) is -1.12. The van der Waals surface area contributed by atoms with Crippen LogP contribution in [-0.4, -0.2) is 56.1 Å². The lowest BCUT2D eigenvalue weighted by Gasteiger charge is -2.28. The third kappa shape index (κ3) is 11.7. The standard InChI is InChI=1S/C30H40BrN3O4/c1-23(19-31)20-38-28(22-37-21-25-13-7-4-8-14-25)26(16-9-15-24-11-5-3-6-12-24)29(35)34-27(17-10-18-32)30(36)33-2/h3-9,11-15,26-28H,1,10,16-22,32H2,2H3,(H,33,36)(H,34,35)/b15-9+/t26-,27+,28-/m1/s1. The molecule has 0 saturated carbocycles. The summed E-state index contributed by atoms with van der Waals surface area (Å²) in [7, 11) is 1.55. The van der Waals surface area contributed by atoms with E-state index in [-0.39, 0.29) is 25.0 Å². The lowest BCUT2D eigenvalue weighted by molar-refractivity contribution is -0.136. The maximum absolute atomic E-state index is 13.6. The first-order chi connectivity index (χ1) is 18.5. The maximum Gasteiger partial charge on any atom is 0.242 e. The number of benzene rings is 2. The fourth-order valence-electron chi connectivity index (χ4n) is 3.80. The summed E-state index contributed by atoms with van der Waals surface area (Å²) in [6.45, 7) is 5.31. The lowest BCUT2D eigenvalue weighted by atomic mass is 9.95. The molecule has 0 aromatic heterocycles. The van der Waals surface area contributed by atoms with Gasteiger partial charge in [-0.25, -0.2) is 0 Å². The third-order valence-electron chi connectivity index (χ3n) is 5.95. The molecule has 38 heavy (non-hydrogen) atoms. The van der Waals surface area contributed by atoms with Crippen LogP contribution in [-0.2, 0) is 25.7 Å². The van der Waals surface area contributed by atoms with E-state index >= 15 is 0 Å². The molecule has 0 aliphatic heterocycles. The van der Waals surface area contributed by atoms with E-state index in [2.05, 4.69) is 33.1 Å². The molecule has 2 rings (SSSR count). The topological polar surface area (TPSA) is 103 Å². The molecular formula is C30H40BrN3O4. The van der Waals surface area contributed by atoms with E-state index in [1.54, 1.807) is 7.05 Å². The summed E-state index contributed by atoms with van der Waals surface area (Å²) in [5, 5.41) is 6.16. The second-order valence-corrected chi connectivity index (χ2v) is 9.56. The zero-order valence-corrected chi connectivity index (χ0v) is 23.7. The quantitative estimate of drug-likeness (QED) is 0.179. The van der Waals surface area contributed by atoms with Crippen molar-refractivity contribution in [3.05, 3.63) is 90.0 Å². The molecule has 0 bridgehead atoms. The Morgan fingerprint density at radius 1 is 1.08 bits per heavy atom. The number of rotatable bonds is 18. The third-order valence-corrected chi connectivity index (χ3v) is 6.74. The number of ether oxygens (including phenoxy) is 2. The summed E-state index contributed by atoms with van der Waals surface area (Å²) < 4.78 is 12.2. The molecule has 0 fully saturated rings. The molecular weight excluding hydrogens is 546 g/mol. The first-order valence-corrected chi connectivity index (χ1v) is 14.0. The summed E-state index contributed by atoms with van der Waals surface area (Å²) in [6.07, 6.45) is 4.84. The molecule has 0 aliphatic carbocycles. The Labute approximate surface area is 235 Å². The minimum Gasteiger partial charge on any atom is -0.374 e. The zero-order chi connectivity index (χ0) is 27.6. The Kier molecular flexibility index (Phi) is 15.3. The van der Waals surface area contributed by atoms with Gasteiger partial charge in [0.25, 0.3) is 0 Å². The Morgan fingerprint density at radius 3 is 2.39 bits per heavy atom. The molecule has 3 atom stereocenters. The van der Waals surface area contributed by atoms with Gasteiger partial charge in [-0.05, 0) is 42.5 Å². The van der Waals surface area contributed by atoms with Gasteiger partial charge >= 0.3 is 0 Å². The van der Waals surface area contributed by atoms with Gasteiger partial charge in [0.05, 0.1) is 31.8 Å². The largest absolute Gasteiger partial charge is 0.374 e. The van der Waals surface area contributed by atoms with Gasteiger partial charge in [-0.3, -0.25) is 9.59 Å². The van der Waals surface area contributed by atoms with Crippen LogP contribution in [0.3, 0.4) is 0 Å². The number of hydrogen-bond acceptors (Lipinski definition) is 5. The van der Waals surface area contributed by atoms with Crippen molar-refractivity contribution in [1.29, 1.82) is 0 Å². The molecule has 2 amide bonds. The Hall–Kier alpha value is -2.78. The Bertz CT molecular complexity index is 1000. The number of allylic oxidation sites excluding steroid dienone is 1. The Morgan fingerprint density at radius 2 is 1.76 bits per heavy atom. The number of nitrogens with one attached hydrogen (secondary N) is 2. The van der Waals surface area contributed by atoms with Crippen molar-refractivity contribution in [2.24, 2.45) is 11.7 Å². The van der Waals surface area contributed by atoms with Gasteiger partial charge in [0.2, 0.25) is 11.8 Å². The summed E-state index contributed by atoms with van der Waals surface area (Å²) in [4.78, 5) is 26.1. The van der Waals surface area contributed by atoms with E-state index in [4.69, 9.17) is 15.2 Å². The average molecular weight is 587 g/mol. The molecule has 0 saturated heterocycles. The minimum atomic E-state index is -0.681. The highest BCUT2D eigenvalue weighted by Gasteiger charge is 2.31. The zero-order valence-electron chi connectivity index (χ0n) is 22.1. The number of hydrogen-bond donors (Lipinski definition) is 3. The highest BCUT2D eigenvalue weighted by Crippen LogP contribution is 2.19. The Balaban J connectivity index is 2.25. The molecule has 4 N–H and O–H groups in total. The summed E-state index contributed by atoms with van der Waals surface area (Å²) in [6, 6.07) is 19.0. The SMILES string of the molecule is C=C(CBr)CO[C@H](COCc1ccccc1)[C@@H](C/C=C/c1ccccc1)C(=O)N[C@@H](CCCN)C(=O)NC. The fraction of sp³-hybridized carbons (Fsp3) is 0.400. The van der Waals surface area contributed by atoms with Crippen molar-refractivity contribution in [3.63, 3.8) is 0 Å². The van der Waals surface area contributed by atoms with Gasteiger partial charge in [-0.1, -0.05) is 95.3 Å². The average Bonchev–Trinajstić information content (AvgIpc) is 2.95. The first-order valence-electron chi connectivity index (χ1n) is 12.9. The molecule has 0 spiro atoms. The number of likely N-dealkylation sites (N-methyl/N-ethyl adjacent to an activating group) is 1. The summed E-state index contributed by atoms with van der Waals surface area (Å²) >= 11 is 3.41. The number of amides is 2. The number of alkyl halides is 1. The van der Waals surface area contributed by atoms with E-state index < -0.39 is 18.1 Å². The van der Waals surface area contributed by atoms with Crippen molar-refractivity contribution >= 4 is 33.8 Å². The van der Waals surface area contributed by atoms with Gasteiger partial charge in [-0.15, -0.1) is 0 Å². The molecule has 2 aromatic carbocycles. The minimum absolute atomic E-state index is 0.204. The molecule has 0 heterocycles. The van der Waals surface area contributed by atoms with Crippen LogP contribution in [0.2, 0.25) is 0 Å². The normalized spacial score (nSPS) is 13.6. The van der Waals surface area contributed by atoms with E-state index in [1.165, 1.54) is 0 Å². The van der Waals surface area contributed by atoms with Crippen molar-refractivity contribution < 1.29 is 19.1 Å². The van der Waals surface area contributed by atoms with Gasteiger partial charge in [0, 0.05) is 12.4 Å². The number of carbonyl (C=O) groups excluding carboxylic acids is 2. The van der Waals surface area contributed by atoms with Crippen LogP contribution in [0.1, 0.15) is 30.4 Å². The molecule has 0 aliphatic rings. The highest BCUT2D eigenvalue weighted by atomic mass is 79.9. The van der Waals surface area contributed by atoms with Crippen molar-refractivity contribution in [3.8, 4) is 0 Å². The van der Waals surface area contributed by atoms with Crippen LogP contribution in [0.4, 0.5) is 0 Å². The van der Waals surface area contributed by atoms with Crippen LogP contribution in [0.5, 0.6) is 0 Å². The molecule has 7 nitrogen and oxygen atoms in total. The van der Waals surface area contributed by atoms with Crippen molar-refractivity contribution in [2.75, 3.05) is 32.1 Å². The fourth-order valence-corrected chi connectivity index (χ4v) is 3.96. The lowest BCUT2D eigenvalue weighted by Crippen LogP contribution is -2.50. The molecule has 0 unspecified atom stereocenters. The number of nitrogens with two attached hydrogens (primary N) is 1. The van der Waals surface area contributed by atoms with Crippen LogP contribution in [0, 0.1) is 5.92 Å². The number of carbonyl (C=O) groups is 2. The summed E-state index contributed by atoms with van der Waals surface area (Å²) in [5.41, 5.74) is 8.57. The highest BCUT2D eigenvalue weighted by molar-refractivity contribution is 9.09. The predicted octanol–water partition coefficient (Wildman–Crippen LogP) is 4.23. The molecule has 8 heteroatoms. The first kappa shape index (κ1) is 31.4. The second-order valence-electron chi connectivity index (χ2n) is 9.00.